The highest BCUT2D eigenvalue weighted by Crippen LogP contribution is 2.42. The van der Waals surface area contributed by atoms with E-state index in [-0.39, 0.29) is 12.5 Å². The second kappa shape index (κ2) is 11.7. The Kier molecular flexibility index (Phi) is 8.08. The van der Waals surface area contributed by atoms with Gasteiger partial charge in [-0.3, -0.25) is 0 Å². The minimum atomic E-state index is -0.392. The van der Waals surface area contributed by atoms with E-state index in [9.17, 15) is 0 Å². The number of fused-ring (bicyclic) bond motifs is 3. The van der Waals surface area contributed by atoms with Gasteiger partial charge in [0.1, 0.15) is 0 Å². The zero-order valence-electron chi connectivity index (χ0n) is 22.8. The van der Waals surface area contributed by atoms with E-state index in [1.807, 2.05) is 6.07 Å². The molecule has 1 aromatic heterocycles. The first-order valence-corrected chi connectivity index (χ1v) is 15.0. The third-order valence-corrected chi connectivity index (χ3v) is 9.43. The van der Waals surface area contributed by atoms with Crippen molar-refractivity contribution in [3.8, 4) is 0 Å². The van der Waals surface area contributed by atoms with Crippen molar-refractivity contribution in [2.24, 2.45) is 5.92 Å². The number of allylic oxidation sites excluding steroid dienone is 1. The molecule has 2 saturated heterocycles. The van der Waals surface area contributed by atoms with Crippen LogP contribution in [0.15, 0.2) is 40.9 Å². The summed E-state index contributed by atoms with van der Waals surface area (Å²) in [5.74, 6) is 0.0294. The van der Waals surface area contributed by atoms with Crippen LogP contribution in [0.3, 0.4) is 0 Å². The van der Waals surface area contributed by atoms with Crippen molar-refractivity contribution in [2.45, 2.75) is 63.9 Å². The van der Waals surface area contributed by atoms with E-state index in [0.717, 1.165) is 92.2 Å². The summed E-state index contributed by atoms with van der Waals surface area (Å²) in [5, 5.41) is 4.98. The first-order chi connectivity index (χ1) is 19.1. The highest BCUT2D eigenvalue weighted by Gasteiger charge is 2.28. The summed E-state index contributed by atoms with van der Waals surface area (Å²) in [5.41, 5.74) is 6.49. The predicted octanol–water partition coefficient (Wildman–Crippen LogP) is 7.20. The van der Waals surface area contributed by atoms with Gasteiger partial charge >= 0.3 is 0 Å². The Morgan fingerprint density at radius 2 is 1.74 bits per heavy atom. The van der Waals surface area contributed by atoms with Crippen LogP contribution in [0.4, 0.5) is 10.1 Å². The van der Waals surface area contributed by atoms with Gasteiger partial charge in [-0.2, -0.15) is 4.39 Å². The molecule has 8 heteroatoms. The smallest absolute Gasteiger partial charge is 0.240 e. The van der Waals surface area contributed by atoms with E-state index in [1.54, 1.807) is 18.9 Å². The van der Waals surface area contributed by atoms with Crippen molar-refractivity contribution in [1.82, 2.24) is 9.78 Å². The van der Waals surface area contributed by atoms with E-state index in [4.69, 9.17) is 14.2 Å². The van der Waals surface area contributed by atoms with Crippen molar-refractivity contribution in [3.05, 3.63) is 63.5 Å². The molecule has 3 aliphatic rings. The van der Waals surface area contributed by atoms with E-state index < -0.39 is 5.95 Å². The number of hydrogen-bond donors (Lipinski definition) is 0. The lowest BCUT2D eigenvalue weighted by molar-refractivity contribution is -0.141. The Morgan fingerprint density at radius 3 is 2.44 bits per heavy atom. The van der Waals surface area contributed by atoms with Crippen LogP contribution in [0.25, 0.3) is 16.5 Å². The molecule has 0 N–H and O–H groups in total. The van der Waals surface area contributed by atoms with E-state index in [0.29, 0.717) is 17.9 Å². The number of aryl methyl sites for hydroxylation is 1. The van der Waals surface area contributed by atoms with Crippen molar-refractivity contribution in [3.63, 3.8) is 0 Å². The molecule has 39 heavy (non-hydrogen) atoms. The molecule has 2 aliphatic heterocycles. The van der Waals surface area contributed by atoms with Gasteiger partial charge in [0.2, 0.25) is 5.95 Å². The maximum atomic E-state index is 15.5. The second-order valence-corrected chi connectivity index (χ2v) is 11.8. The number of hydrogen-bond acceptors (Lipinski definition) is 5. The summed E-state index contributed by atoms with van der Waals surface area (Å²) in [6, 6.07) is 13.0. The molecule has 1 atom stereocenters. The first-order valence-electron chi connectivity index (χ1n) is 14.2. The molecule has 1 unspecified atom stereocenters. The molecular weight excluding hydrogens is 561 g/mol. The molecule has 2 fully saturated rings. The number of rotatable bonds is 6. The fraction of sp³-hybridized carbons (Fsp3) is 0.516. The summed E-state index contributed by atoms with van der Waals surface area (Å²) >= 11 is 3.90. The maximum absolute atomic E-state index is 15.5. The maximum Gasteiger partial charge on any atom is 0.240 e. The SMILES string of the molecule is COC(OC)C1CCN(c2ccc(C3=C(Br)CCCc4c3ccc3c4c(F)nn3C3CCCCO3)cc2)CC1. The topological polar surface area (TPSA) is 48.8 Å². The van der Waals surface area contributed by atoms with Crippen molar-refractivity contribution >= 4 is 38.1 Å². The van der Waals surface area contributed by atoms with Gasteiger partial charge in [0, 0.05) is 50.0 Å². The Morgan fingerprint density at radius 1 is 0.974 bits per heavy atom. The molecule has 6 rings (SSSR count). The molecule has 0 spiro atoms. The van der Waals surface area contributed by atoms with Crippen LogP contribution in [-0.2, 0) is 20.6 Å². The lowest BCUT2D eigenvalue weighted by Gasteiger charge is -2.36. The average molecular weight is 599 g/mol. The Hall–Kier alpha value is -2.26. The zero-order chi connectivity index (χ0) is 26.9. The Bertz CT molecular complexity index is 1340. The highest BCUT2D eigenvalue weighted by molar-refractivity contribution is 9.11. The zero-order valence-corrected chi connectivity index (χ0v) is 24.4. The van der Waals surface area contributed by atoms with Crippen LogP contribution in [0.1, 0.15) is 67.9 Å². The number of piperidine rings is 1. The number of halogens is 2. The normalized spacial score (nSPS) is 21.1. The second-order valence-electron chi connectivity index (χ2n) is 10.9. The largest absolute Gasteiger partial charge is 0.372 e. The van der Waals surface area contributed by atoms with E-state index in [1.165, 1.54) is 10.2 Å². The average Bonchev–Trinajstić information content (AvgIpc) is 3.22. The van der Waals surface area contributed by atoms with Crippen LogP contribution < -0.4 is 4.90 Å². The molecule has 0 radical (unpaired) electrons. The summed E-state index contributed by atoms with van der Waals surface area (Å²) in [6.07, 6.45) is 7.45. The van der Waals surface area contributed by atoms with E-state index in [2.05, 4.69) is 56.3 Å². The minimum Gasteiger partial charge on any atom is -0.372 e. The fourth-order valence-corrected chi connectivity index (χ4v) is 7.36. The van der Waals surface area contributed by atoms with Crippen LogP contribution in [0.5, 0.6) is 0 Å². The van der Waals surface area contributed by atoms with Gasteiger partial charge in [-0.15, -0.1) is 5.10 Å². The Labute approximate surface area is 238 Å². The quantitative estimate of drug-likeness (QED) is 0.281. The molecule has 6 nitrogen and oxygen atoms in total. The molecule has 2 aromatic carbocycles. The lowest BCUT2D eigenvalue weighted by Crippen LogP contribution is -2.39. The molecule has 0 amide bonds. The van der Waals surface area contributed by atoms with Crippen LogP contribution >= 0.6 is 15.9 Å². The van der Waals surface area contributed by atoms with E-state index >= 15 is 4.39 Å². The van der Waals surface area contributed by atoms with Gasteiger partial charge in [0.25, 0.3) is 0 Å². The number of anilines is 1. The molecule has 3 heterocycles. The summed E-state index contributed by atoms with van der Waals surface area (Å²) in [6.45, 7) is 2.66. The van der Waals surface area contributed by atoms with Crippen LogP contribution in [-0.4, -0.2) is 50.0 Å². The molecule has 0 saturated carbocycles. The Balaban J connectivity index is 1.29. The van der Waals surface area contributed by atoms with Gasteiger partial charge in [-0.25, -0.2) is 4.68 Å². The van der Waals surface area contributed by atoms with Gasteiger partial charge in [-0.05, 0) is 91.8 Å². The highest BCUT2D eigenvalue weighted by atomic mass is 79.9. The molecule has 0 bridgehead atoms. The molecule has 1 aliphatic carbocycles. The standard InChI is InChI=1S/C31H37BrFN3O3/c1-37-31(38-2)21-15-17-35(18-16-21)22-11-9-20(10-12-22)28-24-13-14-26-29(23(24)6-5-7-25(28)32)30(33)34-36(26)27-8-3-4-19-39-27/h9-14,21,27,31H,3-8,15-19H2,1-2H3. The third-order valence-electron chi connectivity index (χ3n) is 8.64. The summed E-state index contributed by atoms with van der Waals surface area (Å²) in [7, 11) is 3.43. The van der Waals surface area contributed by atoms with Gasteiger partial charge in [0.15, 0.2) is 12.5 Å². The van der Waals surface area contributed by atoms with Crippen LogP contribution in [0, 0.1) is 11.9 Å². The number of benzene rings is 2. The first kappa shape index (κ1) is 26.9. The van der Waals surface area contributed by atoms with Gasteiger partial charge < -0.3 is 19.1 Å². The monoisotopic (exact) mass is 597 g/mol. The summed E-state index contributed by atoms with van der Waals surface area (Å²) in [4.78, 5) is 2.44. The third kappa shape index (κ3) is 5.17. The predicted molar refractivity (Wildman–Crippen MR) is 156 cm³/mol. The summed E-state index contributed by atoms with van der Waals surface area (Å²) < 4.78 is 35.3. The number of nitrogens with zero attached hydrogens (tertiary/aromatic N) is 3. The fourth-order valence-electron chi connectivity index (χ4n) is 6.64. The number of ether oxygens (including phenoxy) is 3. The lowest BCUT2D eigenvalue weighted by atomic mass is 9.91. The van der Waals surface area contributed by atoms with Gasteiger partial charge in [-0.1, -0.05) is 34.1 Å². The van der Waals surface area contributed by atoms with Gasteiger partial charge in [0.05, 0.1) is 10.9 Å². The molecule has 208 valence electrons. The van der Waals surface area contributed by atoms with Crippen molar-refractivity contribution in [1.29, 1.82) is 0 Å². The van der Waals surface area contributed by atoms with Crippen LogP contribution in [0.2, 0.25) is 0 Å². The van der Waals surface area contributed by atoms with Crippen molar-refractivity contribution in [2.75, 3.05) is 38.8 Å². The molecule has 3 aromatic rings. The van der Waals surface area contributed by atoms with Crippen molar-refractivity contribution < 1.29 is 18.6 Å². The number of aromatic nitrogens is 2. The molecular formula is C31H37BrFN3O3. The minimum absolute atomic E-state index is 0.132. The number of methoxy groups -OCH3 is 2.